The average molecular weight is 631 g/mol. The Morgan fingerprint density at radius 1 is 1.16 bits per heavy atom. The number of thiazole rings is 1. The summed E-state index contributed by atoms with van der Waals surface area (Å²) in [5.41, 5.74) is 3.98. The number of benzene rings is 1. The van der Waals surface area contributed by atoms with Crippen LogP contribution in [0.25, 0.3) is 11.3 Å². The fraction of sp³-hybridized carbons (Fsp3) is 0.258. The molecule has 11 nitrogen and oxygen atoms in total. The van der Waals surface area contributed by atoms with Gasteiger partial charge in [0, 0.05) is 45.0 Å². The van der Waals surface area contributed by atoms with Crippen LogP contribution in [0.5, 0.6) is 5.75 Å². The molecule has 2 N–H and O–H groups in total. The van der Waals surface area contributed by atoms with Crippen LogP contribution in [0.3, 0.4) is 0 Å². The van der Waals surface area contributed by atoms with Crippen LogP contribution in [-0.2, 0) is 4.79 Å². The van der Waals surface area contributed by atoms with Crippen molar-refractivity contribution in [3.8, 4) is 17.0 Å². The monoisotopic (exact) mass is 630 g/mol. The molecule has 1 saturated heterocycles. The molecule has 0 spiro atoms. The first kappa shape index (κ1) is 29.4. The number of amides is 2. The molecular weight excluding hydrogens is 600 g/mol. The first-order chi connectivity index (χ1) is 21.2. The van der Waals surface area contributed by atoms with Crippen molar-refractivity contribution >= 4 is 62.9 Å². The van der Waals surface area contributed by atoms with E-state index in [4.69, 9.17) is 26.3 Å². The number of aryl methyl sites for hydroxylation is 1. The zero-order valence-corrected chi connectivity index (χ0v) is 26.1. The van der Waals surface area contributed by atoms with Crippen molar-refractivity contribution < 1.29 is 14.3 Å². The Morgan fingerprint density at radius 2 is 2.00 bits per heavy atom. The van der Waals surface area contributed by atoms with Gasteiger partial charge in [0.2, 0.25) is 5.91 Å². The number of carbonyl (C=O) groups is 2. The molecule has 1 unspecified atom stereocenters. The Morgan fingerprint density at radius 3 is 2.77 bits per heavy atom. The normalized spacial score (nSPS) is 15.7. The van der Waals surface area contributed by atoms with E-state index in [1.807, 2.05) is 49.3 Å². The first-order valence-electron chi connectivity index (χ1n) is 14.0. The second kappa shape index (κ2) is 12.1. The van der Waals surface area contributed by atoms with Gasteiger partial charge in [0.05, 0.1) is 41.4 Å². The van der Waals surface area contributed by atoms with Gasteiger partial charge in [-0.15, -0.1) is 0 Å². The van der Waals surface area contributed by atoms with Crippen molar-refractivity contribution in [2.75, 3.05) is 60.8 Å². The smallest absolute Gasteiger partial charge is 0.267 e. The molecule has 4 aromatic rings. The van der Waals surface area contributed by atoms with Crippen molar-refractivity contribution in [3.05, 3.63) is 76.9 Å². The van der Waals surface area contributed by atoms with E-state index in [2.05, 4.69) is 38.1 Å². The molecule has 1 aromatic carbocycles. The molecule has 3 aromatic heterocycles. The van der Waals surface area contributed by atoms with Gasteiger partial charge in [0.1, 0.15) is 4.88 Å². The van der Waals surface area contributed by atoms with Crippen LogP contribution in [0, 0.1) is 6.92 Å². The molecule has 13 heteroatoms. The van der Waals surface area contributed by atoms with Crippen molar-refractivity contribution in [2.24, 2.45) is 0 Å². The average Bonchev–Trinajstić information content (AvgIpc) is 3.50. The summed E-state index contributed by atoms with van der Waals surface area (Å²) in [5.74, 6) is 1.54. The summed E-state index contributed by atoms with van der Waals surface area (Å²) in [6.45, 7) is 8.24. The number of nitrogens with one attached hydrogen (secondary N) is 2. The Bertz CT molecular complexity index is 1740. The van der Waals surface area contributed by atoms with Gasteiger partial charge in [0.25, 0.3) is 5.91 Å². The number of para-hydroxylation sites is 1. The van der Waals surface area contributed by atoms with Gasteiger partial charge in [0.15, 0.2) is 22.5 Å². The number of anilines is 5. The summed E-state index contributed by atoms with van der Waals surface area (Å²) in [6, 6.07) is 11.4. The number of nitrogens with zero attached hydrogens (tertiary/aromatic N) is 6. The lowest BCUT2D eigenvalue weighted by Gasteiger charge is -2.47. The molecule has 0 aliphatic carbocycles. The Kier molecular flexibility index (Phi) is 8.11. The van der Waals surface area contributed by atoms with E-state index in [1.165, 1.54) is 23.6 Å². The third-order valence-electron chi connectivity index (χ3n) is 7.77. The number of ether oxygens (including phenoxy) is 1. The lowest BCUT2D eigenvalue weighted by atomic mass is 10.0. The van der Waals surface area contributed by atoms with Gasteiger partial charge in [-0.2, -0.15) is 0 Å². The highest BCUT2D eigenvalue weighted by atomic mass is 35.5. The van der Waals surface area contributed by atoms with Crippen molar-refractivity contribution in [2.45, 2.75) is 13.0 Å². The third kappa shape index (κ3) is 5.65. The van der Waals surface area contributed by atoms with Gasteiger partial charge in [-0.1, -0.05) is 41.6 Å². The Hall–Kier alpha value is -4.68. The highest BCUT2D eigenvalue weighted by Crippen LogP contribution is 2.38. The summed E-state index contributed by atoms with van der Waals surface area (Å²) in [6.07, 6.45) is 4.70. The molecule has 44 heavy (non-hydrogen) atoms. The molecule has 2 amide bonds. The number of piperazine rings is 1. The lowest BCUT2D eigenvalue weighted by molar-refractivity contribution is -0.126. The highest BCUT2D eigenvalue weighted by molar-refractivity contribution is 7.17. The number of fused-ring (bicyclic) bond motifs is 3. The van der Waals surface area contributed by atoms with E-state index >= 15 is 0 Å². The number of hydrogen-bond acceptors (Lipinski definition) is 10. The van der Waals surface area contributed by atoms with Gasteiger partial charge in [-0.3, -0.25) is 9.59 Å². The minimum absolute atomic E-state index is 0.0409. The predicted octanol–water partition coefficient (Wildman–Crippen LogP) is 5.22. The van der Waals surface area contributed by atoms with Crippen LogP contribution in [0.4, 0.5) is 28.1 Å². The van der Waals surface area contributed by atoms with Crippen LogP contribution in [0.2, 0.25) is 5.02 Å². The Balaban J connectivity index is 1.22. The van der Waals surface area contributed by atoms with Crippen LogP contribution < -0.4 is 25.2 Å². The zero-order chi connectivity index (χ0) is 31.0. The summed E-state index contributed by atoms with van der Waals surface area (Å²) >= 11 is 7.48. The van der Waals surface area contributed by atoms with Crippen molar-refractivity contribution in [3.63, 3.8) is 0 Å². The minimum atomic E-state index is -0.305. The molecule has 1 atom stereocenters. The van der Waals surface area contributed by atoms with Crippen LogP contribution >= 0.6 is 22.9 Å². The summed E-state index contributed by atoms with van der Waals surface area (Å²) in [4.78, 5) is 45.9. The zero-order valence-electron chi connectivity index (χ0n) is 24.5. The molecular formula is C31H31ClN8O3S. The first-order valence-corrected chi connectivity index (χ1v) is 15.2. The van der Waals surface area contributed by atoms with E-state index in [1.54, 1.807) is 13.2 Å². The van der Waals surface area contributed by atoms with E-state index in [0.717, 1.165) is 29.2 Å². The number of hydrogen-bond donors (Lipinski definition) is 2. The van der Waals surface area contributed by atoms with Crippen LogP contribution in [0.15, 0.2) is 61.4 Å². The summed E-state index contributed by atoms with van der Waals surface area (Å²) in [5, 5.41) is 7.04. The predicted molar refractivity (Wildman–Crippen MR) is 175 cm³/mol. The standard InChI is InChI=1S/C31H31ClN8O3S/c1-5-26(41)39-11-12-40-20(17-39)16-38(3)23-13-19(14-33-29(23)40)22-9-10-24(43-4)28(35-22)37-31-34-15-25(44-31)30(42)36-27-18(2)7-6-8-21(27)32/h5-10,13-15,20H,1,11-12,16-17H2,2-4H3,(H,36,42)(H,34,35,37). The molecule has 0 radical (unpaired) electrons. The van der Waals surface area contributed by atoms with Gasteiger partial charge in [-0.25, -0.2) is 15.0 Å². The van der Waals surface area contributed by atoms with E-state index in [0.29, 0.717) is 57.6 Å². The summed E-state index contributed by atoms with van der Waals surface area (Å²) in [7, 11) is 3.61. The molecule has 5 heterocycles. The maximum atomic E-state index is 12.9. The third-order valence-corrected chi connectivity index (χ3v) is 9.00. The number of pyridine rings is 2. The van der Waals surface area contributed by atoms with E-state index in [-0.39, 0.29) is 17.9 Å². The van der Waals surface area contributed by atoms with Crippen molar-refractivity contribution in [1.29, 1.82) is 0 Å². The number of carbonyl (C=O) groups excluding carboxylic acids is 2. The van der Waals surface area contributed by atoms with Crippen molar-refractivity contribution in [1.82, 2.24) is 19.9 Å². The number of aromatic nitrogens is 3. The second-order valence-electron chi connectivity index (χ2n) is 10.6. The second-order valence-corrected chi connectivity index (χ2v) is 12.0. The van der Waals surface area contributed by atoms with E-state index in [9.17, 15) is 9.59 Å². The number of likely N-dealkylation sites (N-methyl/N-ethyl adjacent to an activating group) is 1. The number of methoxy groups -OCH3 is 1. The molecule has 2 aliphatic rings. The molecule has 1 fully saturated rings. The largest absolute Gasteiger partial charge is 0.493 e. The quantitative estimate of drug-likeness (QED) is 0.265. The maximum absolute atomic E-state index is 12.9. The van der Waals surface area contributed by atoms with Crippen LogP contribution in [0.1, 0.15) is 15.2 Å². The van der Waals surface area contributed by atoms with Gasteiger partial charge >= 0.3 is 0 Å². The fourth-order valence-electron chi connectivity index (χ4n) is 5.49. The topological polar surface area (TPSA) is 116 Å². The fourth-order valence-corrected chi connectivity index (χ4v) is 6.47. The molecule has 2 aliphatic heterocycles. The lowest BCUT2D eigenvalue weighted by Crippen LogP contribution is -2.60. The molecule has 0 saturated carbocycles. The van der Waals surface area contributed by atoms with E-state index < -0.39 is 0 Å². The highest BCUT2D eigenvalue weighted by Gasteiger charge is 2.36. The SMILES string of the molecule is C=CC(=O)N1CCN2c3ncc(-c4ccc(OC)c(Nc5ncc(C(=O)Nc6c(C)cccc6Cl)s5)n4)cc3N(C)CC2C1. The Labute approximate surface area is 264 Å². The molecule has 6 rings (SSSR count). The number of halogens is 1. The maximum Gasteiger partial charge on any atom is 0.267 e. The minimum Gasteiger partial charge on any atom is -0.493 e. The van der Waals surface area contributed by atoms with Gasteiger partial charge < -0.3 is 30.1 Å². The van der Waals surface area contributed by atoms with Gasteiger partial charge in [-0.05, 0) is 42.8 Å². The molecule has 0 bridgehead atoms. The summed E-state index contributed by atoms with van der Waals surface area (Å²) < 4.78 is 5.56. The molecule has 226 valence electrons. The van der Waals surface area contributed by atoms with Crippen LogP contribution in [-0.4, -0.2) is 78.0 Å². The number of rotatable bonds is 7.